The van der Waals surface area contributed by atoms with Crippen LogP contribution in [0.3, 0.4) is 0 Å². The minimum absolute atomic E-state index is 0.105. The second-order valence-electron chi connectivity index (χ2n) is 6.53. The number of carbonyl (C=O) groups excluding carboxylic acids is 2. The van der Waals surface area contributed by atoms with Gasteiger partial charge in [0.2, 0.25) is 0 Å². The summed E-state index contributed by atoms with van der Waals surface area (Å²) >= 11 is 1.33. The summed E-state index contributed by atoms with van der Waals surface area (Å²) in [6.45, 7) is -0.597. The fourth-order valence-electron chi connectivity index (χ4n) is 2.94. The van der Waals surface area contributed by atoms with Crippen LogP contribution < -0.4 is 11.3 Å². The number of esters is 1. The Morgan fingerprint density at radius 3 is 2.52 bits per heavy atom. The van der Waals surface area contributed by atoms with Crippen molar-refractivity contribution in [3.8, 4) is 10.6 Å². The number of nitrogens with zero attached hydrogens (tertiary/aromatic N) is 3. The quantitative estimate of drug-likeness (QED) is 0.462. The summed E-state index contributed by atoms with van der Waals surface area (Å²) in [4.78, 5) is 40.9. The third kappa shape index (κ3) is 4.33. The molecule has 4 aromatic rings. The monoisotopic (exact) mass is 438 g/mol. The van der Waals surface area contributed by atoms with E-state index in [2.05, 4.69) is 10.1 Å². The normalized spacial score (nSPS) is 10.9. The minimum atomic E-state index is -0.811. The highest BCUT2D eigenvalue weighted by Crippen LogP contribution is 2.24. The van der Waals surface area contributed by atoms with Gasteiger partial charge >= 0.3 is 5.97 Å². The number of nitrogens with two attached hydrogens (primary N) is 1. The lowest BCUT2D eigenvalue weighted by molar-refractivity contribution is -0.146. The number of rotatable bonds is 6. The summed E-state index contributed by atoms with van der Waals surface area (Å²) < 4.78 is 19.1. The molecule has 8 nitrogen and oxygen atoms in total. The largest absolute Gasteiger partial charge is 0.458 e. The number of halogens is 1. The van der Waals surface area contributed by atoms with E-state index in [4.69, 9.17) is 10.5 Å². The molecule has 0 saturated carbocycles. The molecule has 2 aromatic carbocycles. The maximum Gasteiger partial charge on any atom is 0.328 e. The zero-order valence-electron chi connectivity index (χ0n) is 15.9. The van der Waals surface area contributed by atoms with Crippen LogP contribution in [0.5, 0.6) is 0 Å². The molecule has 0 fully saturated rings. The molecule has 0 aliphatic heterocycles. The summed E-state index contributed by atoms with van der Waals surface area (Å²) in [5, 5.41) is 6.85. The molecule has 0 saturated heterocycles. The van der Waals surface area contributed by atoms with Crippen molar-refractivity contribution in [2.24, 2.45) is 5.73 Å². The molecule has 2 heterocycles. The van der Waals surface area contributed by atoms with Crippen LogP contribution in [0.1, 0.15) is 16.2 Å². The number of benzene rings is 2. The van der Waals surface area contributed by atoms with E-state index < -0.39 is 24.0 Å². The van der Waals surface area contributed by atoms with Gasteiger partial charge in [0.1, 0.15) is 24.0 Å². The van der Waals surface area contributed by atoms with E-state index in [1.807, 2.05) is 0 Å². The van der Waals surface area contributed by atoms with Gasteiger partial charge in [0.25, 0.3) is 11.5 Å². The predicted octanol–water partition coefficient (Wildman–Crippen LogP) is 2.50. The number of fused-ring (bicyclic) bond motifs is 1. The van der Waals surface area contributed by atoms with E-state index in [1.165, 1.54) is 29.5 Å². The SMILES string of the molecule is NC(=O)c1nn(CC(=O)OCc2csc(-c3ccc(F)cc3)n2)c(=O)c2ccccc12. The third-order valence-electron chi connectivity index (χ3n) is 4.40. The van der Waals surface area contributed by atoms with Gasteiger partial charge in [0.05, 0.1) is 11.1 Å². The van der Waals surface area contributed by atoms with Crippen LogP contribution in [-0.2, 0) is 22.7 Å². The molecule has 31 heavy (non-hydrogen) atoms. The molecule has 0 radical (unpaired) electrons. The van der Waals surface area contributed by atoms with Crippen molar-refractivity contribution < 1.29 is 18.7 Å². The number of carbonyl (C=O) groups is 2. The first-order chi connectivity index (χ1) is 14.9. The molecule has 2 N–H and O–H groups in total. The van der Waals surface area contributed by atoms with Gasteiger partial charge in [-0.3, -0.25) is 14.4 Å². The second kappa shape index (κ2) is 8.44. The summed E-state index contributed by atoms with van der Waals surface area (Å²) in [7, 11) is 0. The summed E-state index contributed by atoms with van der Waals surface area (Å²) in [6, 6.07) is 12.3. The van der Waals surface area contributed by atoms with Crippen LogP contribution in [-0.4, -0.2) is 26.6 Å². The van der Waals surface area contributed by atoms with E-state index in [9.17, 15) is 18.8 Å². The van der Waals surface area contributed by atoms with Gasteiger partial charge in [0.15, 0.2) is 5.69 Å². The van der Waals surface area contributed by atoms with E-state index in [1.54, 1.807) is 35.7 Å². The van der Waals surface area contributed by atoms with Crippen LogP contribution in [0.4, 0.5) is 4.39 Å². The number of primary amides is 1. The van der Waals surface area contributed by atoms with Crippen molar-refractivity contribution in [1.29, 1.82) is 0 Å². The summed E-state index contributed by atoms with van der Waals surface area (Å²) in [5.41, 5.74) is 5.97. The average molecular weight is 438 g/mol. The van der Waals surface area contributed by atoms with Crippen LogP contribution in [0, 0.1) is 5.82 Å². The maximum atomic E-state index is 13.1. The van der Waals surface area contributed by atoms with Crippen LogP contribution in [0.25, 0.3) is 21.3 Å². The maximum absolute atomic E-state index is 13.1. The number of amides is 1. The molecule has 2 aromatic heterocycles. The van der Waals surface area contributed by atoms with Gasteiger partial charge in [0, 0.05) is 16.3 Å². The van der Waals surface area contributed by atoms with E-state index >= 15 is 0 Å². The Morgan fingerprint density at radius 2 is 1.81 bits per heavy atom. The fraction of sp³-hybridized carbons (Fsp3) is 0.0952. The van der Waals surface area contributed by atoms with Crippen molar-refractivity contribution in [2.45, 2.75) is 13.2 Å². The standard InChI is InChI=1S/C21H15FN4O4S/c22-13-7-5-12(6-8-13)20-24-14(11-31-20)10-30-17(27)9-26-21(29)16-4-2-1-3-15(16)18(25-26)19(23)28/h1-8,11H,9-10H2,(H2,23,28). The zero-order valence-corrected chi connectivity index (χ0v) is 16.8. The predicted molar refractivity (Wildman–Crippen MR) is 112 cm³/mol. The van der Waals surface area contributed by atoms with E-state index in [0.717, 1.165) is 10.2 Å². The number of hydrogen-bond acceptors (Lipinski definition) is 7. The van der Waals surface area contributed by atoms with Crippen molar-refractivity contribution in [2.75, 3.05) is 0 Å². The van der Waals surface area contributed by atoms with Gasteiger partial charge in [-0.1, -0.05) is 18.2 Å². The first kappa shape index (κ1) is 20.4. The molecule has 0 atom stereocenters. The lowest BCUT2D eigenvalue weighted by Crippen LogP contribution is -2.31. The fourth-order valence-corrected chi connectivity index (χ4v) is 3.76. The third-order valence-corrected chi connectivity index (χ3v) is 5.34. The molecular formula is C21H15FN4O4S. The molecule has 0 aliphatic rings. The number of aromatic nitrogens is 3. The molecule has 4 rings (SSSR count). The highest BCUT2D eigenvalue weighted by molar-refractivity contribution is 7.13. The Labute approximate surface area is 178 Å². The summed E-state index contributed by atoms with van der Waals surface area (Å²) in [6.07, 6.45) is 0. The van der Waals surface area contributed by atoms with Crippen molar-refractivity contribution in [1.82, 2.24) is 14.8 Å². The van der Waals surface area contributed by atoms with Gasteiger partial charge in [-0.15, -0.1) is 11.3 Å². The first-order valence-corrected chi connectivity index (χ1v) is 9.96. The zero-order chi connectivity index (χ0) is 22.0. The molecule has 10 heteroatoms. The number of thiazole rings is 1. The molecule has 1 amide bonds. The van der Waals surface area contributed by atoms with Crippen molar-refractivity contribution in [3.63, 3.8) is 0 Å². The van der Waals surface area contributed by atoms with Gasteiger partial charge in [-0.25, -0.2) is 14.1 Å². The topological polar surface area (TPSA) is 117 Å². The Morgan fingerprint density at radius 1 is 1.10 bits per heavy atom. The van der Waals surface area contributed by atoms with Gasteiger partial charge < -0.3 is 10.5 Å². The van der Waals surface area contributed by atoms with Gasteiger partial charge in [-0.05, 0) is 30.3 Å². The lowest BCUT2D eigenvalue weighted by Gasteiger charge is -2.09. The molecule has 0 bridgehead atoms. The van der Waals surface area contributed by atoms with Gasteiger partial charge in [-0.2, -0.15) is 5.10 Å². The summed E-state index contributed by atoms with van der Waals surface area (Å²) in [5.74, 6) is -1.88. The second-order valence-corrected chi connectivity index (χ2v) is 7.39. The average Bonchev–Trinajstić information content (AvgIpc) is 3.24. The number of hydrogen-bond donors (Lipinski definition) is 1. The Hall–Kier alpha value is -3.92. The highest BCUT2D eigenvalue weighted by atomic mass is 32.1. The van der Waals surface area contributed by atoms with Crippen LogP contribution in [0.15, 0.2) is 58.7 Å². The van der Waals surface area contributed by atoms with Crippen molar-refractivity contribution >= 4 is 34.0 Å². The molecule has 0 aliphatic carbocycles. The van der Waals surface area contributed by atoms with Crippen LogP contribution >= 0.6 is 11.3 Å². The number of ether oxygens (including phenoxy) is 1. The van der Waals surface area contributed by atoms with E-state index in [0.29, 0.717) is 16.1 Å². The molecular weight excluding hydrogens is 423 g/mol. The first-order valence-electron chi connectivity index (χ1n) is 9.08. The molecule has 0 spiro atoms. The smallest absolute Gasteiger partial charge is 0.328 e. The van der Waals surface area contributed by atoms with Crippen molar-refractivity contribution in [3.05, 3.63) is 81.5 Å². The molecule has 0 unspecified atom stereocenters. The Balaban J connectivity index is 1.48. The Kier molecular flexibility index (Phi) is 5.54. The minimum Gasteiger partial charge on any atom is -0.458 e. The lowest BCUT2D eigenvalue weighted by atomic mass is 10.1. The highest BCUT2D eigenvalue weighted by Gasteiger charge is 2.17. The Bertz CT molecular complexity index is 1350. The van der Waals surface area contributed by atoms with E-state index in [-0.39, 0.29) is 23.5 Å². The molecule has 156 valence electrons. The van der Waals surface area contributed by atoms with Crippen LogP contribution in [0.2, 0.25) is 0 Å².